The molecular weight excluding hydrogens is 318 g/mol. The molecule has 3 aliphatic rings. The molecule has 0 bridgehead atoms. The van der Waals surface area contributed by atoms with Gasteiger partial charge in [-0.15, -0.1) is 11.3 Å². The molecule has 1 atom stereocenters. The van der Waals surface area contributed by atoms with E-state index in [9.17, 15) is 4.79 Å². The number of carbonyl (C=O) groups is 1. The molecule has 5 heteroatoms. The van der Waals surface area contributed by atoms with Crippen molar-refractivity contribution in [1.82, 2.24) is 14.8 Å². The minimum Gasteiger partial charge on any atom is -0.342 e. The van der Waals surface area contributed by atoms with Crippen LogP contribution >= 0.6 is 11.3 Å². The zero-order valence-corrected chi connectivity index (χ0v) is 15.8. The van der Waals surface area contributed by atoms with Crippen molar-refractivity contribution in [3.8, 4) is 0 Å². The Hall–Kier alpha value is -0.940. The molecule has 2 aliphatic heterocycles. The molecule has 0 unspecified atom stereocenters. The first-order valence-electron chi connectivity index (χ1n) is 9.52. The largest absolute Gasteiger partial charge is 0.342 e. The highest BCUT2D eigenvalue weighted by Crippen LogP contribution is 2.42. The van der Waals surface area contributed by atoms with Gasteiger partial charge in [0.1, 0.15) is 5.01 Å². The lowest BCUT2D eigenvalue weighted by Crippen LogP contribution is -2.50. The van der Waals surface area contributed by atoms with Crippen LogP contribution in [0.25, 0.3) is 0 Å². The van der Waals surface area contributed by atoms with Gasteiger partial charge in [-0.25, -0.2) is 4.98 Å². The Balaban J connectivity index is 1.39. The van der Waals surface area contributed by atoms with Gasteiger partial charge >= 0.3 is 0 Å². The molecule has 1 aromatic rings. The fourth-order valence-electron chi connectivity index (χ4n) is 4.26. The number of hydrogen-bond donors (Lipinski definition) is 0. The number of nitrogens with zero attached hydrogens (tertiary/aromatic N) is 3. The monoisotopic (exact) mass is 347 g/mol. The van der Waals surface area contributed by atoms with E-state index < -0.39 is 0 Å². The molecule has 4 nitrogen and oxygen atoms in total. The zero-order valence-electron chi connectivity index (χ0n) is 15.0. The third kappa shape index (κ3) is 3.25. The minimum atomic E-state index is -0.0920. The summed E-state index contributed by atoms with van der Waals surface area (Å²) in [5, 5.41) is 3.39. The predicted molar refractivity (Wildman–Crippen MR) is 97.1 cm³/mol. The van der Waals surface area contributed by atoms with Crippen LogP contribution in [0.1, 0.15) is 62.6 Å². The van der Waals surface area contributed by atoms with Crippen molar-refractivity contribution in [3.63, 3.8) is 0 Å². The fraction of sp³-hybridized carbons (Fsp3) is 0.789. The average molecular weight is 348 g/mol. The van der Waals surface area contributed by atoms with Gasteiger partial charge in [0.25, 0.3) is 0 Å². The van der Waals surface area contributed by atoms with Gasteiger partial charge in [0.05, 0.1) is 17.7 Å². The molecule has 3 fully saturated rings. The Morgan fingerprint density at radius 2 is 2.17 bits per heavy atom. The molecule has 24 heavy (non-hydrogen) atoms. The molecule has 132 valence electrons. The minimum absolute atomic E-state index is 0.0920. The van der Waals surface area contributed by atoms with Gasteiger partial charge in [0.15, 0.2) is 0 Å². The normalized spacial score (nSPS) is 28.5. The molecule has 4 rings (SSSR count). The van der Waals surface area contributed by atoms with E-state index >= 15 is 0 Å². The highest BCUT2D eigenvalue weighted by molar-refractivity contribution is 7.09. The Labute approximate surface area is 149 Å². The van der Waals surface area contributed by atoms with Crippen LogP contribution < -0.4 is 0 Å². The van der Waals surface area contributed by atoms with E-state index in [-0.39, 0.29) is 5.41 Å². The SMILES string of the molecule is CC(C)c1csc(CN2CC[C@]3(CCCN(CC4CC4)C3=O)C2)n1. The third-order valence-electron chi connectivity index (χ3n) is 5.95. The van der Waals surface area contributed by atoms with Gasteiger partial charge in [-0.3, -0.25) is 9.69 Å². The zero-order chi connectivity index (χ0) is 16.7. The first-order chi connectivity index (χ1) is 11.6. The van der Waals surface area contributed by atoms with Gasteiger partial charge in [0.2, 0.25) is 5.91 Å². The highest BCUT2D eigenvalue weighted by atomic mass is 32.1. The first kappa shape index (κ1) is 16.5. The summed E-state index contributed by atoms with van der Waals surface area (Å²) in [5.74, 6) is 1.74. The summed E-state index contributed by atoms with van der Waals surface area (Å²) >= 11 is 1.77. The molecule has 0 radical (unpaired) electrons. The lowest BCUT2D eigenvalue weighted by molar-refractivity contribution is -0.145. The van der Waals surface area contributed by atoms with Crippen LogP contribution in [0.4, 0.5) is 0 Å². The summed E-state index contributed by atoms with van der Waals surface area (Å²) in [5.41, 5.74) is 1.11. The number of aromatic nitrogens is 1. The summed E-state index contributed by atoms with van der Waals surface area (Å²) in [4.78, 5) is 22.5. The molecular formula is C19H29N3OS. The fourth-order valence-corrected chi connectivity index (χ4v) is 5.26. The smallest absolute Gasteiger partial charge is 0.230 e. The van der Waals surface area contributed by atoms with Crippen LogP contribution in [0.15, 0.2) is 5.38 Å². The Morgan fingerprint density at radius 3 is 2.88 bits per heavy atom. The number of hydrogen-bond acceptors (Lipinski definition) is 4. The maximum absolute atomic E-state index is 13.1. The summed E-state index contributed by atoms with van der Waals surface area (Å²) in [6, 6.07) is 0. The molecule has 1 spiro atoms. The van der Waals surface area contributed by atoms with Crippen molar-refractivity contribution < 1.29 is 4.79 Å². The van der Waals surface area contributed by atoms with Gasteiger partial charge < -0.3 is 4.90 Å². The van der Waals surface area contributed by atoms with Crippen molar-refractivity contribution in [1.29, 1.82) is 0 Å². The van der Waals surface area contributed by atoms with E-state index in [2.05, 4.69) is 29.0 Å². The second-order valence-electron chi connectivity index (χ2n) is 8.36. The summed E-state index contributed by atoms with van der Waals surface area (Å²) in [7, 11) is 0. The van der Waals surface area contributed by atoms with Crippen LogP contribution in [-0.2, 0) is 11.3 Å². The van der Waals surface area contributed by atoms with E-state index in [0.717, 1.165) is 51.5 Å². The number of piperidine rings is 1. The molecule has 1 aromatic heterocycles. The van der Waals surface area contributed by atoms with E-state index in [4.69, 9.17) is 4.98 Å². The molecule has 0 aromatic carbocycles. The topological polar surface area (TPSA) is 36.4 Å². The lowest BCUT2D eigenvalue weighted by atomic mass is 9.78. The van der Waals surface area contributed by atoms with Crippen molar-refractivity contribution in [2.24, 2.45) is 11.3 Å². The van der Waals surface area contributed by atoms with Crippen LogP contribution in [0.2, 0.25) is 0 Å². The molecule has 1 amide bonds. The third-order valence-corrected chi connectivity index (χ3v) is 6.80. The average Bonchev–Trinajstić information content (AvgIpc) is 3.08. The van der Waals surface area contributed by atoms with E-state index in [0.29, 0.717) is 11.8 Å². The standard InChI is InChI=1S/C19H29N3OS/c1-14(2)16-12-24-17(20-16)11-21-9-7-19(13-21)6-3-8-22(18(19)23)10-15-4-5-15/h12,14-15H,3-11,13H2,1-2H3/t19-/m1/s1. The van der Waals surface area contributed by atoms with Gasteiger partial charge in [-0.2, -0.15) is 0 Å². The number of amides is 1. The molecule has 1 saturated carbocycles. The molecule has 2 saturated heterocycles. The van der Waals surface area contributed by atoms with Gasteiger partial charge in [-0.1, -0.05) is 13.8 Å². The number of likely N-dealkylation sites (tertiary alicyclic amines) is 2. The van der Waals surface area contributed by atoms with Crippen molar-refractivity contribution in [3.05, 3.63) is 16.1 Å². The van der Waals surface area contributed by atoms with Gasteiger partial charge in [0, 0.05) is 25.0 Å². The molecule has 1 aliphatic carbocycles. The molecule has 3 heterocycles. The second-order valence-corrected chi connectivity index (χ2v) is 9.30. The van der Waals surface area contributed by atoms with Crippen LogP contribution in [0.5, 0.6) is 0 Å². The van der Waals surface area contributed by atoms with E-state index in [1.807, 2.05) is 0 Å². The van der Waals surface area contributed by atoms with Gasteiger partial charge in [-0.05, 0) is 50.5 Å². The lowest BCUT2D eigenvalue weighted by Gasteiger charge is -2.39. The van der Waals surface area contributed by atoms with Crippen molar-refractivity contribution >= 4 is 17.2 Å². The van der Waals surface area contributed by atoms with Crippen molar-refractivity contribution in [2.45, 2.75) is 58.4 Å². The number of rotatable bonds is 5. The summed E-state index contributed by atoms with van der Waals surface area (Å²) in [6.07, 6.45) is 5.95. The number of thiazole rings is 1. The van der Waals surface area contributed by atoms with E-state index in [1.165, 1.54) is 30.0 Å². The number of carbonyl (C=O) groups excluding carboxylic acids is 1. The molecule has 0 N–H and O–H groups in total. The maximum atomic E-state index is 13.1. The summed E-state index contributed by atoms with van der Waals surface area (Å²) < 4.78 is 0. The predicted octanol–water partition coefficient (Wildman–Crippen LogP) is 3.49. The second kappa shape index (κ2) is 6.41. The Kier molecular flexibility index (Phi) is 4.42. The van der Waals surface area contributed by atoms with Crippen molar-refractivity contribution in [2.75, 3.05) is 26.2 Å². The summed E-state index contributed by atoms with van der Waals surface area (Å²) in [6.45, 7) is 9.28. The van der Waals surface area contributed by atoms with Crippen LogP contribution in [-0.4, -0.2) is 46.9 Å². The highest BCUT2D eigenvalue weighted by Gasteiger charge is 2.48. The van der Waals surface area contributed by atoms with Crippen LogP contribution in [0.3, 0.4) is 0 Å². The van der Waals surface area contributed by atoms with Crippen LogP contribution in [0, 0.1) is 11.3 Å². The van der Waals surface area contributed by atoms with E-state index in [1.54, 1.807) is 11.3 Å². The first-order valence-corrected chi connectivity index (χ1v) is 10.4. The Morgan fingerprint density at radius 1 is 1.33 bits per heavy atom. The quantitative estimate of drug-likeness (QED) is 0.818. The maximum Gasteiger partial charge on any atom is 0.230 e. The Bertz CT molecular complexity index is 610.